The van der Waals surface area contributed by atoms with E-state index in [0.29, 0.717) is 6.42 Å². The molecule has 17 heavy (non-hydrogen) atoms. The summed E-state index contributed by atoms with van der Waals surface area (Å²) < 4.78 is 9.85. The van der Waals surface area contributed by atoms with Gasteiger partial charge in [-0.1, -0.05) is 25.3 Å². The smallest absolute Gasteiger partial charge is 0.345 e. The third-order valence-electron chi connectivity index (χ3n) is 2.36. The number of rotatable bonds is 2. The second-order valence-electron chi connectivity index (χ2n) is 5.34. The fourth-order valence-electron chi connectivity index (χ4n) is 1.81. The van der Waals surface area contributed by atoms with Crippen molar-refractivity contribution in [2.24, 2.45) is 0 Å². The molecule has 1 unspecified atom stereocenters. The Hall–Kier alpha value is -1.23. The van der Waals surface area contributed by atoms with Crippen molar-refractivity contribution in [2.45, 2.75) is 39.1 Å². The summed E-state index contributed by atoms with van der Waals surface area (Å²) in [7, 11) is -0.142. The first-order chi connectivity index (χ1) is 7.74. The molecule has 0 saturated carbocycles. The maximum atomic E-state index is 11.8. The first-order valence-electron chi connectivity index (χ1n) is 5.65. The fraction of sp³-hybridized carbons (Fsp3) is 0.583. The van der Waals surface area contributed by atoms with Crippen molar-refractivity contribution in [1.29, 1.82) is 0 Å². The van der Waals surface area contributed by atoms with Crippen LogP contribution in [-0.2, 0) is 14.3 Å². The summed E-state index contributed by atoms with van der Waals surface area (Å²) in [4.78, 5) is 11.8. The molecule has 0 bridgehead atoms. The van der Waals surface area contributed by atoms with Crippen molar-refractivity contribution in [2.75, 3.05) is 7.11 Å². The summed E-state index contributed by atoms with van der Waals surface area (Å²) in [5.41, 5.74) is 3.12. The van der Waals surface area contributed by atoms with Gasteiger partial charge in [-0.25, -0.2) is 4.79 Å². The highest BCUT2D eigenvalue weighted by Gasteiger charge is 2.31. The van der Waals surface area contributed by atoms with Gasteiger partial charge in [-0.15, -0.1) is 0 Å². The number of carbonyl (C=O) groups excluding carboxylic acids is 1. The molecule has 0 radical (unpaired) electrons. The van der Waals surface area contributed by atoms with Crippen molar-refractivity contribution < 1.29 is 19.4 Å². The van der Waals surface area contributed by atoms with Gasteiger partial charge in [-0.05, 0) is 12.5 Å². The minimum Gasteiger partial charge on any atom is -0.480 e. The molecule has 96 valence electrons. The fourth-order valence-corrected chi connectivity index (χ4v) is 3.11. The zero-order chi connectivity index (χ0) is 13.2. The van der Waals surface area contributed by atoms with Crippen LogP contribution in [0.5, 0.6) is 0 Å². The van der Waals surface area contributed by atoms with Gasteiger partial charge in [-0.2, -0.15) is 0 Å². The number of ether oxygens (including phenoxy) is 2. The summed E-state index contributed by atoms with van der Waals surface area (Å²) >= 11 is 0. The first kappa shape index (κ1) is 13.8. The maximum absolute atomic E-state index is 11.8. The molecular formula is C12H20O4Si. The Morgan fingerprint density at radius 1 is 1.53 bits per heavy atom. The van der Waals surface area contributed by atoms with Crippen LogP contribution >= 0.6 is 0 Å². The molecule has 4 nitrogen and oxygen atoms in total. The molecule has 1 fully saturated rings. The van der Waals surface area contributed by atoms with E-state index in [4.69, 9.17) is 9.47 Å². The third kappa shape index (κ3) is 3.63. The Morgan fingerprint density at radius 2 is 2.12 bits per heavy atom. The quantitative estimate of drug-likeness (QED) is 0.357. The van der Waals surface area contributed by atoms with Gasteiger partial charge in [0.1, 0.15) is 11.7 Å². The highest BCUT2D eigenvalue weighted by atomic mass is 28.3. The topological polar surface area (TPSA) is 55.8 Å². The van der Waals surface area contributed by atoms with E-state index in [9.17, 15) is 9.90 Å². The monoisotopic (exact) mass is 256 g/mol. The van der Waals surface area contributed by atoms with Gasteiger partial charge in [0.05, 0.1) is 15.2 Å². The van der Waals surface area contributed by atoms with Crippen LogP contribution in [0.3, 0.4) is 0 Å². The minimum atomic E-state index is -1.47. The summed E-state index contributed by atoms with van der Waals surface area (Å²) in [5, 5.41) is 9.64. The van der Waals surface area contributed by atoms with Crippen molar-refractivity contribution >= 4 is 14.0 Å². The zero-order valence-corrected chi connectivity index (χ0v) is 12.0. The molecule has 0 aromatic carbocycles. The second-order valence-corrected chi connectivity index (χ2v) is 10.4. The highest BCUT2D eigenvalue weighted by molar-refractivity contribution is 6.81. The van der Waals surface area contributed by atoms with Crippen LogP contribution in [-0.4, -0.2) is 32.4 Å². The van der Waals surface area contributed by atoms with E-state index in [1.807, 2.05) is 6.92 Å². The van der Waals surface area contributed by atoms with E-state index in [-0.39, 0.29) is 17.6 Å². The average Bonchev–Trinajstić information content (AvgIpc) is 2.13. The molecule has 1 N–H and O–H groups in total. The van der Waals surface area contributed by atoms with Gasteiger partial charge in [0.25, 0.3) is 5.95 Å². The Balaban J connectivity index is 3.22. The van der Waals surface area contributed by atoms with Gasteiger partial charge in [0.2, 0.25) is 0 Å². The number of aliphatic hydroxyl groups is 1. The van der Waals surface area contributed by atoms with Gasteiger partial charge in [0, 0.05) is 6.42 Å². The van der Waals surface area contributed by atoms with Crippen LogP contribution < -0.4 is 0 Å². The normalized spacial score (nSPS) is 26.8. The SMILES string of the molecule is CO/C(O)=C1/C(=O)OC(C)CC1=C[Si](C)(C)C. The first-order valence-corrected chi connectivity index (χ1v) is 9.22. The summed E-state index contributed by atoms with van der Waals surface area (Å²) in [6, 6.07) is 0. The molecule has 0 amide bonds. The Bertz CT molecular complexity index is 376. The van der Waals surface area contributed by atoms with Crippen molar-refractivity contribution in [3.63, 3.8) is 0 Å². The Labute approximate surface area is 103 Å². The predicted molar refractivity (Wildman–Crippen MR) is 68.3 cm³/mol. The molecule has 5 heteroatoms. The third-order valence-corrected chi connectivity index (χ3v) is 3.57. The van der Waals surface area contributed by atoms with E-state index >= 15 is 0 Å². The lowest BCUT2D eigenvalue weighted by molar-refractivity contribution is -0.145. The van der Waals surface area contributed by atoms with Crippen LogP contribution in [0.25, 0.3) is 0 Å². The van der Waals surface area contributed by atoms with Crippen LogP contribution in [0, 0.1) is 0 Å². The zero-order valence-electron chi connectivity index (χ0n) is 11.0. The van der Waals surface area contributed by atoms with E-state index in [1.165, 1.54) is 7.11 Å². The number of cyclic esters (lactones) is 1. The highest BCUT2D eigenvalue weighted by Crippen LogP contribution is 2.29. The lowest BCUT2D eigenvalue weighted by atomic mass is 9.99. The van der Waals surface area contributed by atoms with Crippen LogP contribution in [0.4, 0.5) is 0 Å². The van der Waals surface area contributed by atoms with Crippen LogP contribution in [0.15, 0.2) is 22.8 Å². The van der Waals surface area contributed by atoms with E-state index in [0.717, 1.165) is 5.57 Å². The van der Waals surface area contributed by atoms with Gasteiger partial charge >= 0.3 is 5.97 Å². The molecule has 0 spiro atoms. The van der Waals surface area contributed by atoms with Crippen molar-refractivity contribution in [1.82, 2.24) is 0 Å². The summed E-state index contributed by atoms with van der Waals surface area (Å²) in [6.07, 6.45) is 0.470. The lowest BCUT2D eigenvalue weighted by Gasteiger charge is -2.25. The van der Waals surface area contributed by atoms with E-state index in [1.54, 1.807) is 0 Å². The number of aliphatic hydroxyl groups excluding tert-OH is 1. The Kier molecular flexibility index (Phi) is 4.03. The number of hydrogen-bond donors (Lipinski definition) is 1. The Morgan fingerprint density at radius 3 is 2.59 bits per heavy atom. The number of hydrogen-bond acceptors (Lipinski definition) is 4. The van der Waals surface area contributed by atoms with Crippen LogP contribution in [0.2, 0.25) is 19.6 Å². The van der Waals surface area contributed by atoms with Crippen LogP contribution in [0.1, 0.15) is 13.3 Å². The maximum Gasteiger partial charge on any atom is 0.345 e. The molecule has 1 heterocycles. The number of esters is 1. The van der Waals surface area contributed by atoms with Crippen molar-refractivity contribution in [3.8, 4) is 0 Å². The molecule has 1 atom stereocenters. The van der Waals surface area contributed by atoms with Gasteiger partial charge < -0.3 is 14.6 Å². The number of carbonyl (C=O) groups is 1. The molecule has 0 aliphatic carbocycles. The second kappa shape index (κ2) is 4.95. The molecule has 1 aliphatic heterocycles. The molecule has 0 aromatic rings. The predicted octanol–water partition coefficient (Wildman–Crippen LogP) is 2.54. The largest absolute Gasteiger partial charge is 0.480 e. The molecule has 1 rings (SSSR count). The van der Waals surface area contributed by atoms with Crippen molar-refractivity contribution in [3.05, 3.63) is 22.8 Å². The summed E-state index contributed by atoms with van der Waals surface area (Å²) in [5.74, 6) is -0.862. The molecular weight excluding hydrogens is 236 g/mol. The lowest BCUT2D eigenvalue weighted by Crippen LogP contribution is -2.29. The standard InChI is InChI=1S/C12H20O4Si/c1-8-6-9(7-17(3,4)5)10(11(13)15-2)12(14)16-8/h7-8,13H,6H2,1-5H3/b9-7?,11-10+. The molecule has 1 aliphatic rings. The van der Waals surface area contributed by atoms with Gasteiger partial charge in [-0.3, -0.25) is 0 Å². The molecule has 1 saturated heterocycles. The van der Waals surface area contributed by atoms with E-state index < -0.39 is 14.0 Å². The summed E-state index contributed by atoms with van der Waals surface area (Å²) in [6.45, 7) is 8.36. The number of methoxy groups -OCH3 is 1. The van der Waals surface area contributed by atoms with Gasteiger partial charge in [0.15, 0.2) is 0 Å². The minimum absolute atomic E-state index is 0.154. The van der Waals surface area contributed by atoms with E-state index in [2.05, 4.69) is 25.3 Å². The average molecular weight is 256 g/mol. The molecule has 0 aromatic heterocycles.